The van der Waals surface area contributed by atoms with E-state index >= 15 is 0 Å². The van der Waals surface area contributed by atoms with E-state index in [9.17, 15) is 0 Å². The van der Waals surface area contributed by atoms with E-state index < -0.39 is 0 Å². The number of hydrogen-bond acceptors (Lipinski definition) is 3. The lowest BCUT2D eigenvalue weighted by Gasteiger charge is -2.10. The molecule has 0 aliphatic heterocycles. The van der Waals surface area contributed by atoms with E-state index in [2.05, 4.69) is 39.2 Å². The highest BCUT2D eigenvalue weighted by Crippen LogP contribution is 2.32. The molecule has 0 atom stereocenters. The average Bonchev–Trinajstić information content (AvgIpc) is 2.87. The van der Waals surface area contributed by atoms with Crippen molar-refractivity contribution < 1.29 is 4.74 Å². The van der Waals surface area contributed by atoms with Crippen LogP contribution in [0.1, 0.15) is 0 Å². The number of benzene rings is 2. The number of fused-ring (bicyclic) bond motifs is 1. The number of rotatable bonds is 4. The van der Waals surface area contributed by atoms with Gasteiger partial charge in [-0.25, -0.2) is 0 Å². The van der Waals surface area contributed by atoms with Gasteiger partial charge in [0.05, 0.1) is 11.0 Å². The van der Waals surface area contributed by atoms with Crippen molar-refractivity contribution in [2.24, 2.45) is 0 Å². The molecule has 3 aromatic rings. The molecule has 1 heterocycles. The third-order valence-corrected chi connectivity index (χ3v) is 3.89. The summed E-state index contributed by atoms with van der Waals surface area (Å²) in [4.78, 5) is 0. The van der Waals surface area contributed by atoms with Gasteiger partial charge in [0, 0.05) is 6.20 Å². The van der Waals surface area contributed by atoms with E-state index in [-0.39, 0.29) is 0 Å². The first kappa shape index (κ1) is 13.0. The smallest absolute Gasteiger partial charge is 0.145 e. The Morgan fingerprint density at radius 3 is 2.80 bits per heavy atom. The third-order valence-electron chi connectivity index (χ3n) is 3.07. The molecule has 4 nitrogen and oxygen atoms in total. The Hall–Kier alpha value is -2.01. The molecule has 102 valence electrons. The van der Waals surface area contributed by atoms with Crippen molar-refractivity contribution in [3.05, 3.63) is 53.1 Å². The number of nitrogens with two attached hydrogens (primary N) is 1. The van der Waals surface area contributed by atoms with Gasteiger partial charge in [0.1, 0.15) is 18.2 Å². The van der Waals surface area contributed by atoms with Gasteiger partial charge < -0.3 is 10.5 Å². The maximum atomic E-state index is 5.81. The van der Waals surface area contributed by atoms with Crippen LogP contribution in [0.25, 0.3) is 10.8 Å². The molecule has 0 fully saturated rings. The first-order valence-corrected chi connectivity index (χ1v) is 7.12. The zero-order valence-corrected chi connectivity index (χ0v) is 12.4. The average molecular weight is 332 g/mol. The standard InChI is InChI=1S/C15H14BrN3O/c16-15-12-4-2-1-3-11(12)5-6-13(15)20-10-9-19-8-7-14(17)18-19/h1-8H,9-10H2,(H2,17,18). The molecule has 20 heavy (non-hydrogen) atoms. The van der Waals surface area contributed by atoms with E-state index in [0.717, 1.165) is 15.6 Å². The number of halogens is 1. The van der Waals surface area contributed by atoms with E-state index in [1.54, 1.807) is 10.7 Å². The Kier molecular flexibility index (Phi) is 3.60. The van der Waals surface area contributed by atoms with Gasteiger partial charge in [-0.2, -0.15) is 5.10 Å². The van der Waals surface area contributed by atoms with Gasteiger partial charge in [-0.05, 0) is 38.8 Å². The van der Waals surface area contributed by atoms with Gasteiger partial charge in [-0.15, -0.1) is 0 Å². The van der Waals surface area contributed by atoms with Crippen LogP contribution >= 0.6 is 15.9 Å². The van der Waals surface area contributed by atoms with Crippen LogP contribution in [0, 0.1) is 0 Å². The van der Waals surface area contributed by atoms with Crippen LogP contribution in [-0.2, 0) is 6.54 Å². The molecule has 0 amide bonds. The summed E-state index contributed by atoms with van der Waals surface area (Å²) in [5, 5.41) is 6.45. The molecule has 5 heteroatoms. The molecule has 3 rings (SSSR count). The van der Waals surface area contributed by atoms with Crippen LogP contribution in [0.2, 0.25) is 0 Å². The first-order chi connectivity index (χ1) is 9.74. The summed E-state index contributed by atoms with van der Waals surface area (Å²) in [6, 6.07) is 14.0. The molecular weight excluding hydrogens is 318 g/mol. The predicted molar refractivity (Wildman–Crippen MR) is 83.8 cm³/mol. The highest BCUT2D eigenvalue weighted by Gasteiger charge is 2.05. The SMILES string of the molecule is Nc1ccn(CCOc2ccc3ccccc3c2Br)n1. The number of ether oxygens (including phenoxy) is 1. The van der Waals surface area contributed by atoms with E-state index in [1.165, 1.54) is 5.39 Å². The van der Waals surface area contributed by atoms with E-state index in [4.69, 9.17) is 10.5 Å². The van der Waals surface area contributed by atoms with Gasteiger partial charge in [-0.1, -0.05) is 30.3 Å². The predicted octanol–water partition coefficient (Wildman–Crippen LogP) is 3.46. The monoisotopic (exact) mass is 331 g/mol. The van der Waals surface area contributed by atoms with Crippen LogP contribution in [0.5, 0.6) is 5.75 Å². The van der Waals surface area contributed by atoms with Gasteiger partial charge in [0.25, 0.3) is 0 Å². The summed E-state index contributed by atoms with van der Waals surface area (Å²) in [6.45, 7) is 1.20. The fourth-order valence-electron chi connectivity index (χ4n) is 2.08. The Labute approximate surface area is 125 Å². The van der Waals surface area contributed by atoms with Crippen LogP contribution in [-0.4, -0.2) is 16.4 Å². The molecule has 0 spiro atoms. The summed E-state index contributed by atoms with van der Waals surface area (Å²) < 4.78 is 8.56. The van der Waals surface area contributed by atoms with Crippen LogP contribution in [0.15, 0.2) is 53.1 Å². The van der Waals surface area contributed by atoms with Crippen molar-refractivity contribution in [2.45, 2.75) is 6.54 Å². The molecular formula is C15H14BrN3O. The number of anilines is 1. The minimum Gasteiger partial charge on any atom is -0.490 e. The van der Waals surface area contributed by atoms with Gasteiger partial charge in [0.2, 0.25) is 0 Å². The van der Waals surface area contributed by atoms with Crippen molar-refractivity contribution >= 4 is 32.5 Å². The molecule has 0 saturated heterocycles. The molecule has 2 N–H and O–H groups in total. The maximum Gasteiger partial charge on any atom is 0.145 e. The van der Waals surface area contributed by atoms with Gasteiger partial charge in [-0.3, -0.25) is 4.68 Å². The summed E-state index contributed by atoms with van der Waals surface area (Å²) in [5.41, 5.74) is 5.57. The molecule has 2 aromatic carbocycles. The summed E-state index contributed by atoms with van der Waals surface area (Å²) in [6.07, 6.45) is 1.84. The highest BCUT2D eigenvalue weighted by atomic mass is 79.9. The minimum absolute atomic E-state index is 0.525. The van der Waals surface area contributed by atoms with Crippen molar-refractivity contribution in [1.29, 1.82) is 0 Å². The Morgan fingerprint density at radius 1 is 1.15 bits per heavy atom. The summed E-state index contributed by atoms with van der Waals surface area (Å²) in [7, 11) is 0. The Morgan fingerprint density at radius 2 is 2.00 bits per heavy atom. The summed E-state index contributed by atoms with van der Waals surface area (Å²) >= 11 is 3.60. The zero-order valence-electron chi connectivity index (χ0n) is 10.8. The largest absolute Gasteiger partial charge is 0.490 e. The fraction of sp³-hybridized carbons (Fsp3) is 0.133. The maximum absolute atomic E-state index is 5.81. The molecule has 0 unspecified atom stereocenters. The number of nitrogens with zero attached hydrogens (tertiary/aromatic N) is 2. The first-order valence-electron chi connectivity index (χ1n) is 6.33. The fourth-order valence-corrected chi connectivity index (χ4v) is 2.68. The normalized spacial score (nSPS) is 10.8. The molecule has 1 aromatic heterocycles. The van der Waals surface area contributed by atoms with Crippen LogP contribution < -0.4 is 10.5 Å². The molecule has 0 radical (unpaired) electrons. The molecule has 0 aliphatic carbocycles. The second-order valence-electron chi connectivity index (χ2n) is 4.45. The quantitative estimate of drug-likeness (QED) is 0.796. The third kappa shape index (κ3) is 2.63. The number of nitrogen functional groups attached to an aromatic ring is 1. The van der Waals surface area contributed by atoms with Crippen LogP contribution in [0.3, 0.4) is 0 Å². The lowest BCUT2D eigenvalue weighted by molar-refractivity contribution is 0.290. The number of hydrogen-bond donors (Lipinski definition) is 1. The second kappa shape index (κ2) is 5.54. The number of aromatic nitrogens is 2. The topological polar surface area (TPSA) is 53.1 Å². The van der Waals surface area contributed by atoms with Crippen molar-refractivity contribution in [3.63, 3.8) is 0 Å². The lowest BCUT2D eigenvalue weighted by atomic mass is 10.1. The zero-order chi connectivity index (χ0) is 13.9. The Bertz CT molecular complexity index is 739. The van der Waals surface area contributed by atoms with Gasteiger partial charge in [0.15, 0.2) is 0 Å². The van der Waals surface area contributed by atoms with E-state index in [1.807, 2.05) is 24.4 Å². The summed E-state index contributed by atoms with van der Waals surface area (Å²) in [5.74, 6) is 1.36. The highest BCUT2D eigenvalue weighted by molar-refractivity contribution is 9.10. The second-order valence-corrected chi connectivity index (χ2v) is 5.24. The van der Waals surface area contributed by atoms with Crippen molar-refractivity contribution in [1.82, 2.24) is 9.78 Å². The lowest BCUT2D eigenvalue weighted by Crippen LogP contribution is -2.09. The Balaban J connectivity index is 1.73. The van der Waals surface area contributed by atoms with E-state index in [0.29, 0.717) is 19.0 Å². The molecule has 0 bridgehead atoms. The minimum atomic E-state index is 0.525. The van der Waals surface area contributed by atoms with Crippen molar-refractivity contribution in [2.75, 3.05) is 12.3 Å². The van der Waals surface area contributed by atoms with Crippen LogP contribution in [0.4, 0.5) is 5.82 Å². The molecule has 0 aliphatic rings. The molecule has 0 saturated carbocycles. The van der Waals surface area contributed by atoms with Gasteiger partial charge >= 0.3 is 0 Å². The van der Waals surface area contributed by atoms with Crippen molar-refractivity contribution in [3.8, 4) is 5.75 Å².